The molecule has 0 radical (unpaired) electrons. The van der Waals surface area contributed by atoms with Gasteiger partial charge in [0, 0.05) is 6.42 Å². The second-order valence-corrected chi connectivity index (χ2v) is 16.8. The highest BCUT2D eigenvalue weighted by Crippen LogP contribution is 2.17. The molecule has 0 spiro atoms. The first-order chi connectivity index (χ1) is 23.8. The van der Waals surface area contributed by atoms with Gasteiger partial charge in [0.15, 0.2) is 0 Å². The Kier molecular flexibility index (Phi) is 36.6. The lowest BCUT2D eigenvalue weighted by atomic mass is 10.0. The van der Waals surface area contributed by atoms with E-state index in [1.54, 1.807) is 0 Å². The molecule has 0 heterocycles. The number of hydrogen-bond acceptors (Lipinski definition) is 4. The summed E-state index contributed by atoms with van der Waals surface area (Å²) in [7, 11) is -4.30. The fraction of sp³-hybridized carbons (Fsp3) is 0.976. The van der Waals surface area contributed by atoms with Gasteiger partial charge in [-0.05, 0) is 12.8 Å². The van der Waals surface area contributed by atoms with Gasteiger partial charge in [-0.25, -0.2) is 0 Å². The van der Waals surface area contributed by atoms with E-state index in [-0.39, 0.29) is 5.91 Å². The van der Waals surface area contributed by atoms with Crippen LogP contribution in [0.3, 0.4) is 0 Å². The quantitative estimate of drug-likeness (QED) is 0.0433. The highest BCUT2D eigenvalue weighted by atomic mass is 32.2. The second kappa shape index (κ2) is 37.1. The van der Waals surface area contributed by atoms with E-state index >= 15 is 0 Å². The molecule has 0 fully saturated rings. The Morgan fingerprint density at radius 2 is 0.735 bits per heavy atom. The summed E-state index contributed by atoms with van der Waals surface area (Å²) in [6, 6.07) is -0.963. The zero-order valence-electron chi connectivity index (χ0n) is 32.8. The molecule has 0 aromatic heterocycles. The number of rotatable bonds is 40. The first-order valence-corrected chi connectivity index (χ1v) is 23.3. The molecule has 2 atom stereocenters. The van der Waals surface area contributed by atoms with Crippen molar-refractivity contribution in [2.45, 2.75) is 257 Å². The highest BCUT2D eigenvalue weighted by molar-refractivity contribution is 7.85. The van der Waals surface area contributed by atoms with Gasteiger partial charge in [0.2, 0.25) is 5.91 Å². The van der Waals surface area contributed by atoms with E-state index in [0.29, 0.717) is 12.8 Å². The molecule has 0 aliphatic heterocycles. The van der Waals surface area contributed by atoms with E-state index in [1.807, 2.05) is 0 Å². The van der Waals surface area contributed by atoms with Crippen LogP contribution in [0, 0.1) is 0 Å². The molecule has 3 N–H and O–H groups in total. The molecule has 0 rings (SSSR count). The summed E-state index contributed by atoms with van der Waals surface area (Å²) in [6.07, 6.45) is 43.5. The second-order valence-electron chi connectivity index (χ2n) is 15.3. The Morgan fingerprint density at radius 1 is 0.469 bits per heavy atom. The van der Waals surface area contributed by atoms with Crippen LogP contribution in [0.15, 0.2) is 0 Å². The minimum Gasteiger partial charge on any atom is -0.391 e. The van der Waals surface area contributed by atoms with Gasteiger partial charge in [0.25, 0.3) is 10.1 Å². The van der Waals surface area contributed by atoms with E-state index in [4.69, 9.17) is 0 Å². The summed E-state index contributed by atoms with van der Waals surface area (Å²) in [4.78, 5) is 12.5. The van der Waals surface area contributed by atoms with Gasteiger partial charge in [-0.3, -0.25) is 9.35 Å². The minimum absolute atomic E-state index is 0.240. The molecule has 0 bridgehead atoms. The summed E-state index contributed by atoms with van der Waals surface area (Å²) < 4.78 is 32.5. The van der Waals surface area contributed by atoms with Crippen LogP contribution in [0.4, 0.5) is 0 Å². The summed E-state index contributed by atoms with van der Waals surface area (Å²) in [6.45, 7) is 4.53. The van der Waals surface area contributed by atoms with Crippen molar-refractivity contribution in [2.24, 2.45) is 0 Å². The SMILES string of the molecule is CCCCCCCCCCCCCCCCCCCCCCCCC(=O)NC(CS(=O)(=O)O)C(O)CCCCCCCCCCCCCC. The van der Waals surface area contributed by atoms with Crippen molar-refractivity contribution in [3.8, 4) is 0 Å². The summed E-state index contributed by atoms with van der Waals surface area (Å²) in [5.74, 6) is -0.882. The third kappa shape index (κ3) is 38.4. The number of hydrogen-bond donors (Lipinski definition) is 3. The molecule has 6 nitrogen and oxygen atoms in total. The van der Waals surface area contributed by atoms with E-state index in [0.717, 1.165) is 38.5 Å². The predicted octanol–water partition coefficient (Wildman–Crippen LogP) is 12.8. The van der Waals surface area contributed by atoms with Crippen molar-refractivity contribution in [1.29, 1.82) is 0 Å². The summed E-state index contributed by atoms with van der Waals surface area (Å²) in [5, 5.41) is 13.3. The average Bonchev–Trinajstić information content (AvgIpc) is 3.06. The predicted molar refractivity (Wildman–Crippen MR) is 212 cm³/mol. The summed E-state index contributed by atoms with van der Waals surface area (Å²) >= 11 is 0. The molecule has 0 aliphatic rings. The molecule has 0 aliphatic carbocycles. The van der Waals surface area contributed by atoms with Gasteiger partial charge >= 0.3 is 0 Å². The Labute approximate surface area is 306 Å². The Bertz CT molecular complexity index is 790. The third-order valence-corrected chi connectivity index (χ3v) is 11.1. The van der Waals surface area contributed by atoms with Gasteiger partial charge in [-0.15, -0.1) is 0 Å². The van der Waals surface area contributed by atoms with Gasteiger partial charge in [0.05, 0.1) is 17.9 Å². The van der Waals surface area contributed by atoms with Crippen molar-refractivity contribution in [2.75, 3.05) is 5.75 Å². The number of nitrogens with one attached hydrogen (secondary N) is 1. The van der Waals surface area contributed by atoms with E-state index in [2.05, 4.69) is 19.2 Å². The van der Waals surface area contributed by atoms with Crippen LogP contribution in [0.5, 0.6) is 0 Å². The van der Waals surface area contributed by atoms with Crippen LogP contribution in [-0.2, 0) is 14.9 Å². The third-order valence-electron chi connectivity index (χ3n) is 10.3. The lowest BCUT2D eigenvalue weighted by Crippen LogP contribution is -2.47. The lowest BCUT2D eigenvalue weighted by molar-refractivity contribution is -0.122. The number of aliphatic hydroxyl groups excluding tert-OH is 1. The Morgan fingerprint density at radius 3 is 1.02 bits per heavy atom. The largest absolute Gasteiger partial charge is 0.391 e. The van der Waals surface area contributed by atoms with Gasteiger partial charge in [-0.1, -0.05) is 226 Å². The molecule has 7 heteroatoms. The summed E-state index contributed by atoms with van der Waals surface area (Å²) in [5.41, 5.74) is 0. The Balaban J connectivity index is 3.72. The van der Waals surface area contributed by atoms with Crippen LogP contribution >= 0.6 is 0 Å². The lowest BCUT2D eigenvalue weighted by Gasteiger charge is -2.23. The van der Waals surface area contributed by atoms with Crippen LogP contribution in [0.2, 0.25) is 0 Å². The fourth-order valence-corrected chi connectivity index (χ4v) is 7.80. The zero-order chi connectivity index (χ0) is 36.1. The molecule has 1 amide bonds. The van der Waals surface area contributed by atoms with Crippen molar-refractivity contribution >= 4 is 16.0 Å². The standard InChI is InChI=1S/C42H85NO5S/c1-3-5-7-9-11-13-15-17-18-19-20-21-22-23-24-25-26-28-30-32-34-36-38-42(45)43-40(39-49(46,47)48)41(44)37-35-33-31-29-27-16-14-12-10-8-6-4-2/h40-41,44H,3-39H2,1-2H3,(H,43,45)(H,46,47,48). The molecular weight excluding hydrogens is 631 g/mol. The van der Waals surface area contributed by atoms with Crippen molar-refractivity contribution in [3.05, 3.63) is 0 Å². The Hall–Kier alpha value is -0.660. The average molecular weight is 716 g/mol. The van der Waals surface area contributed by atoms with Crippen LogP contribution < -0.4 is 5.32 Å². The van der Waals surface area contributed by atoms with Gasteiger partial charge < -0.3 is 10.4 Å². The molecule has 0 saturated heterocycles. The number of carbonyl (C=O) groups is 1. The number of aliphatic hydroxyl groups is 1. The molecule has 0 aromatic rings. The number of amides is 1. The molecule has 0 aromatic carbocycles. The number of carbonyl (C=O) groups excluding carboxylic acids is 1. The van der Waals surface area contributed by atoms with Crippen LogP contribution in [-0.4, -0.2) is 41.9 Å². The molecule has 2 unspecified atom stereocenters. The molecule has 49 heavy (non-hydrogen) atoms. The van der Waals surface area contributed by atoms with Crippen molar-refractivity contribution < 1.29 is 22.9 Å². The van der Waals surface area contributed by atoms with Crippen LogP contribution in [0.25, 0.3) is 0 Å². The van der Waals surface area contributed by atoms with E-state index in [9.17, 15) is 22.9 Å². The first-order valence-electron chi connectivity index (χ1n) is 21.7. The van der Waals surface area contributed by atoms with Crippen molar-refractivity contribution in [1.82, 2.24) is 5.32 Å². The van der Waals surface area contributed by atoms with Gasteiger partial charge in [0.1, 0.15) is 0 Å². The van der Waals surface area contributed by atoms with Crippen LogP contribution in [0.1, 0.15) is 245 Å². The minimum atomic E-state index is -4.30. The van der Waals surface area contributed by atoms with E-state index in [1.165, 1.54) is 180 Å². The zero-order valence-corrected chi connectivity index (χ0v) is 33.7. The topological polar surface area (TPSA) is 104 Å². The maximum absolute atomic E-state index is 12.5. The fourth-order valence-electron chi connectivity index (χ4n) is 7.04. The monoisotopic (exact) mass is 716 g/mol. The maximum atomic E-state index is 12.5. The molecular formula is C42H85NO5S. The molecule has 294 valence electrons. The van der Waals surface area contributed by atoms with Crippen molar-refractivity contribution in [3.63, 3.8) is 0 Å². The normalized spacial score (nSPS) is 13.1. The first kappa shape index (κ1) is 48.3. The number of unbranched alkanes of at least 4 members (excludes halogenated alkanes) is 32. The van der Waals surface area contributed by atoms with E-state index < -0.39 is 28.0 Å². The molecule has 0 saturated carbocycles. The maximum Gasteiger partial charge on any atom is 0.266 e. The smallest absolute Gasteiger partial charge is 0.266 e. The highest BCUT2D eigenvalue weighted by Gasteiger charge is 2.26. The van der Waals surface area contributed by atoms with Gasteiger partial charge in [-0.2, -0.15) is 8.42 Å².